The van der Waals surface area contributed by atoms with Gasteiger partial charge in [0.05, 0.1) is 18.7 Å². The average Bonchev–Trinajstić information content (AvgIpc) is 2.97. The van der Waals surface area contributed by atoms with Crippen LogP contribution >= 0.6 is 0 Å². The van der Waals surface area contributed by atoms with Gasteiger partial charge in [0.1, 0.15) is 5.75 Å². The summed E-state index contributed by atoms with van der Waals surface area (Å²) >= 11 is 0. The molecule has 1 aliphatic rings. The fourth-order valence-electron chi connectivity index (χ4n) is 2.64. The molecule has 0 aliphatic carbocycles. The zero-order valence-corrected chi connectivity index (χ0v) is 12.0. The van der Waals surface area contributed by atoms with Gasteiger partial charge in [0.15, 0.2) is 0 Å². The molecule has 1 saturated heterocycles. The van der Waals surface area contributed by atoms with Crippen molar-refractivity contribution in [2.75, 3.05) is 25.6 Å². The number of methoxy groups -OCH3 is 1. The summed E-state index contributed by atoms with van der Waals surface area (Å²) in [6, 6.07) is 8.05. The monoisotopic (exact) mass is 272 g/mol. The van der Waals surface area contributed by atoms with Crippen molar-refractivity contribution in [3.05, 3.63) is 30.0 Å². The van der Waals surface area contributed by atoms with Gasteiger partial charge >= 0.3 is 0 Å². The van der Waals surface area contributed by atoms with Gasteiger partial charge in [0.25, 0.3) is 0 Å². The molecule has 0 saturated carbocycles. The molecule has 0 spiro atoms. The van der Waals surface area contributed by atoms with Crippen LogP contribution in [0.3, 0.4) is 0 Å². The van der Waals surface area contributed by atoms with Crippen molar-refractivity contribution in [3.8, 4) is 5.75 Å². The Morgan fingerprint density at radius 1 is 1.40 bits per heavy atom. The topological polar surface area (TPSA) is 43.4 Å². The van der Waals surface area contributed by atoms with Gasteiger partial charge in [-0.2, -0.15) is 0 Å². The van der Waals surface area contributed by atoms with Gasteiger partial charge < -0.3 is 14.8 Å². The highest BCUT2D eigenvalue weighted by molar-refractivity contribution is 5.92. The average molecular weight is 272 g/mol. The number of pyridine rings is 1. The Hall–Kier alpha value is -1.81. The predicted molar refractivity (Wildman–Crippen MR) is 80.5 cm³/mol. The number of anilines is 1. The molecule has 1 atom stereocenters. The van der Waals surface area contributed by atoms with Gasteiger partial charge in [-0.05, 0) is 44.0 Å². The summed E-state index contributed by atoms with van der Waals surface area (Å²) < 4.78 is 11.0. The second kappa shape index (κ2) is 5.67. The van der Waals surface area contributed by atoms with Crippen molar-refractivity contribution in [1.29, 1.82) is 0 Å². The molecule has 1 fully saturated rings. The fraction of sp³-hybridized carbons (Fsp3) is 0.438. The lowest BCUT2D eigenvalue weighted by atomic mass is 10.1. The van der Waals surface area contributed by atoms with E-state index in [0.29, 0.717) is 6.10 Å². The van der Waals surface area contributed by atoms with E-state index in [9.17, 15) is 0 Å². The Morgan fingerprint density at radius 3 is 3.05 bits per heavy atom. The van der Waals surface area contributed by atoms with Crippen LogP contribution in [-0.4, -0.2) is 31.3 Å². The SMILES string of the molecule is COc1ccc2nc(C)cc(NC[C@H]3CCCO3)c2c1. The first kappa shape index (κ1) is 13.2. The number of ether oxygens (including phenoxy) is 2. The van der Waals surface area contributed by atoms with Crippen LogP contribution in [0.5, 0.6) is 5.75 Å². The van der Waals surface area contributed by atoms with E-state index < -0.39 is 0 Å². The lowest BCUT2D eigenvalue weighted by Gasteiger charge is -2.15. The van der Waals surface area contributed by atoms with Crippen molar-refractivity contribution >= 4 is 16.6 Å². The molecule has 106 valence electrons. The van der Waals surface area contributed by atoms with E-state index >= 15 is 0 Å². The standard InChI is InChI=1S/C16H20N2O2/c1-11-8-16(17-10-13-4-3-7-20-13)14-9-12(19-2)5-6-15(14)18-11/h5-6,8-9,13H,3-4,7,10H2,1-2H3,(H,17,18)/t13-/m1/s1. The van der Waals surface area contributed by atoms with E-state index in [1.165, 1.54) is 0 Å². The lowest BCUT2D eigenvalue weighted by Crippen LogP contribution is -2.18. The zero-order valence-electron chi connectivity index (χ0n) is 12.0. The molecule has 20 heavy (non-hydrogen) atoms. The normalized spacial score (nSPS) is 18.4. The Morgan fingerprint density at radius 2 is 2.30 bits per heavy atom. The summed E-state index contributed by atoms with van der Waals surface area (Å²) in [5.41, 5.74) is 3.10. The molecule has 0 bridgehead atoms. The third-order valence-electron chi connectivity index (χ3n) is 3.69. The number of aryl methyl sites for hydroxylation is 1. The van der Waals surface area contributed by atoms with Crippen LogP contribution < -0.4 is 10.1 Å². The molecule has 3 rings (SSSR count). The molecule has 2 aromatic rings. The van der Waals surface area contributed by atoms with Crippen molar-refractivity contribution in [3.63, 3.8) is 0 Å². The first-order chi connectivity index (χ1) is 9.76. The minimum Gasteiger partial charge on any atom is -0.497 e. The molecule has 1 aromatic heterocycles. The Kier molecular flexibility index (Phi) is 3.74. The van der Waals surface area contributed by atoms with Crippen LogP contribution in [-0.2, 0) is 4.74 Å². The fourth-order valence-corrected chi connectivity index (χ4v) is 2.64. The Bertz CT molecular complexity index is 607. The summed E-state index contributed by atoms with van der Waals surface area (Å²) in [4.78, 5) is 4.56. The van der Waals surface area contributed by atoms with Gasteiger partial charge in [-0.3, -0.25) is 4.98 Å². The van der Waals surface area contributed by atoms with E-state index in [0.717, 1.165) is 54.0 Å². The number of nitrogens with one attached hydrogen (secondary N) is 1. The Labute approximate surface area is 119 Å². The van der Waals surface area contributed by atoms with Gasteiger partial charge in [0.2, 0.25) is 0 Å². The van der Waals surface area contributed by atoms with Gasteiger partial charge in [-0.25, -0.2) is 0 Å². The number of rotatable bonds is 4. The maximum atomic E-state index is 5.66. The molecular formula is C16H20N2O2. The smallest absolute Gasteiger partial charge is 0.119 e. The van der Waals surface area contributed by atoms with Crippen LogP contribution in [0.15, 0.2) is 24.3 Å². The number of fused-ring (bicyclic) bond motifs is 1. The summed E-state index contributed by atoms with van der Waals surface area (Å²) in [6.07, 6.45) is 2.62. The summed E-state index contributed by atoms with van der Waals surface area (Å²) in [6.45, 7) is 3.74. The summed E-state index contributed by atoms with van der Waals surface area (Å²) in [7, 11) is 1.68. The zero-order chi connectivity index (χ0) is 13.9. The highest BCUT2D eigenvalue weighted by Gasteiger charge is 2.15. The molecule has 0 radical (unpaired) electrons. The van der Waals surface area contributed by atoms with Crippen molar-refractivity contribution in [2.24, 2.45) is 0 Å². The highest BCUT2D eigenvalue weighted by Crippen LogP contribution is 2.27. The van der Waals surface area contributed by atoms with E-state index in [2.05, 4.69) is 16.4 Å². The largest absolute Gasteiger partial charge is 0.497 e. The van der Waals surface area contributed by atoms with Crippen LogP contribution in [0, 0.1) is 6.92 Å². The number of nitrogens with zero attached hydrogens (tertiary/aromatic N) is 1. The van der Waals surface area contributed by atoms with Crippen LogP contribution in [0.4, 0.5) is 5.69 Å². The van der Waals surface area contributed by atoms with Gasteiger partial charge in [-0.1, -0.05) is 0 Å². The first-order valence-electron chi connectivity index (χ1n) is 7.07. The van der Waals surface area contributed by atoms with Crippen LogP contribution in [0.2, 0.25) is 0 Å². The number of hydrogen-bond acceptors (Lipinski definition) is 4. The highest BCUT2D eigenvalue weighted by atomic mass is 16.5. The molecule has 1 aromatic carbocycles. The molecule has 1 N–H and O–H groups in total. The number of benzene rings is 1. The maximum absolute atomic E-state index is 5.66. The lowest BCUT2D eigenvalue weighted by molar-refractivity contribution is 0.120. The predicted octanol–water partition coefficient (Wildman–Crippen LogP) is 3.14. The third kappa shape index (κ3) is 2.70. The summed E-state index contributed by atoms with van der Waals surface area (Å²) in [5, 5.41) is 4.59. The van der Waals surface area contributed by atoms with Gasteiger partial charge in [-0.15, -0.1) is 0 Å². The molecule has 4 heteroatoms. The summed E-state index contributed by atoms with van der Waals surface area (Å²) in [5.74, 6) is 0.850. The second-order valence-electron chi connectivity index (χ2n) is 5.21. The first-order valence-corrected chi connectivity index (χ1v) is 7.07. The minimum atomic E-state index is 0.323. The van der Waals surface area contributed by atoms with Crippen molar-refractivity contribution in [2.45, 2.75) is 25.9 Å². The molecule has 0 unspecified atom stereocenters. The van der Waals surface area contributed by atoms with E-state index in [-0.39, 0.29) is 0 Å². The number of aromatic nitrogens is 1. The molecule has 4 nitrogen and oxygen atoms in total. The number of hydrogen-bond donors (Lipinski definition) is 1. The molecule has 1 aliphatic heterocycles. The maximum Gasteiger partial charge on any atom is 0.119 e. The van der Waals surface area contributed by atoms with E-state index in [1.54, 1.807) is 7.11 Å². The van der Waals surface area contributed by atoms with E-state index in [4.69, 9.17) is 9.47 Å². The van der Waals surface area contributed by atoms with Crippen LogP contribution in [0.25, 0.3) is 10.9 Å². The van der Waals surface area contributed by atoms with E-state index in [1.807, 2.05) is 25.1 Å². The molecular weight excluding hydrogens is 252 g/mol. The third-order valence-corrected chi connectivity index (χ3v) is 3.69. The van der Waals surface area contributed by atoms with Crippen molar-refractivity contribution < 1.29 is 9.47 Å². The Balaban J connectivity index is 1.90. The van der Waals surface area contributed by atoms with Gasteiger partial charge in [0, 0.05) is 29.9 Å². The van der Waals surface area contributed by atoms with Crippen LogP contribution in [0.1, 0.15) is 18.5 Å². The van der Waals surface area contributed by atoms with Crippen molar-refractivity contribution in [1.82, 2.24) is 4.98 Å². The quantitative estimate of drug-likeness (QED) is 0.928. The molecule has 0 amide bonds. The minimum absolute atomic E-state index is 0.323. The molecule has 2 heterocycles. The second-order valence-corrected chi connectivity index (χ2v) is 5.21.